The summed E-state index contributed by atoms with van der Waals surface area (Å²) in [5, 5.41) is 1.47. The van der Waals surface area contributed by atoms with Crippen molar-refractivity contribution in [2.24, 2.45) is 11.7 Å². The topological polar surface area (TPSA) is 105 Å². The van der Waals surface area contributed by atoms with Crippen molar-refractivity contribution in [2.45, 2.75) is 63.4 Å². The number of nitrogens with two attached hydrogens (primary N) is 2. The molecule has 2 heterocycles. The van der Waals surface area contributed by atoms with Gasteiger partial charge in [-0.1, -0.05) is 26.0 Å². The van der Waals surface area contributed by atoms with Crippen molar-refractivity contribution in [2.75, 3.05) is 5.73 Å². The van der Waals surface area contributed by atoms with E-state index in [0.717, 1.165) is 29.0 Å². The Balaban J connectivity index is 2.02. The SMILES string of the molecule is CC(C)CCCn1c(Sc2nc3ccccc3n2C(C)C)nc(C(N)=O)c1N. The molecule has 0 atom stereocenters. The lowest BCUT2D eigenvalue weighted by Crippen LogP contribution is -2.14. The third-order valence-corrected chi connectivity index (χ3v) is 5.60. The van der Waals surface area contributed by atoms with Crippen LogP contribution in [0.1, 0.15) is 57.1 Å². The molecule has 28 heavy (non-hydrogen) atoms. The van der Waals surface area contributed by atoms with Gasteiger partial charge in [0.1, 0.15) is 5.82 Å². The summed E-state index contributed by atoms with van der Waals surface area (Å²) in [5.41, 5.74) is 13.8. The summed E-state index contributed by atoms with van der Waals surface area (Å²) in [7, 11) is 0. The van der Waals surface area contributed by atoms with Gasteiger partial charge in [0, 0.05) is 12.6 Å². The van der Waals surface area contributed by atoms with Crippen LogP contribution in [0.4, 0.5) is 5.82 Å². The summed E-state index contributed by atoms with van der Waals surface area (Å²) >= 11 is 1.42. The van der Waals surface area contributed by atoms with Crippen molar-refractivity contribution in [1.29, 1.82) is 0 Å². The lowest BCUT2D eigenvalue weighted by Gasteiger charge is -2.14. The van der Waals surface area contributed by atoms with Gasteiger partial charge in [0.25, 0.3) is 5.91 Å². The van der Waals surface area contributed by atoms with Crippen molar-refractivity contribution in [3.05, 3.63) is 30.0 Å². The average molecular weight is 401 g/mol. The van der Waals surface area contributed by atoms with Gasteiger partial charge in [0.15, 0.2) is 16.0 Å². The number of imidazole rings is 2. The standard InChI is InChI=1S/C20H28N6OS/c1-12(2)8-7-11-25-17(21)16(18(22)27)24-19(25)28-20-23-14-9-5-6-10-15(14)26(20)13(3)4/h5-6,9-10,12-13H,7-8,11,21H2,1-4H3,(H2,22,27). The van der Waals surface area contributed by atoms with Gasteiger partial charge in [-0.05, 0) is 56.5 Å². The Bertz CT molecular complexity index is 988. The number of para-hydroxylation sites is 2. The van der Waals surface area contributed by atoms with Crippen LogP contribution >= 0.6 is 11.8 Å². The van der Waals surface area contributed by atoms with Gasteiger partial charge >= 0.3 is 0 Å². The van der Waals surface area contributed by atoms with E-state index >= 15 is 0 Å². The molecule has 0 unspecified atom stereocenters. The smallest absolute Gasteiger partial charge is 0.271 e. The molecular formula is C20H28N6OS. The molecule has 0 radical (unpaired) electrons. The van der Waals surface area contributed by atoms with E-state index in [-0.39, 0.29) is 11.7 Å². The van der Waals surface area contributed by atoms with Gasteiger partial charge in [-0.3, -0.25) is 4.79 Å². The highest BCUT2D eigenvalue weighted by atomic mass is 32.2. The maximum atomic E-state index is 11.8. The first-order valence-electron chi connectivity index (χ1n) is 9.60. The minimum absolute atomic E-state index is 0.124. The number of nitrogen functional groups attached to an aromatic ring is 1. The number of rotatable bonds is 8. The molecule has 0 aliphatic carbocycles. The van der Waals surface area contributed by atoms with E-state index in [1.165, 1.54) is 11.8 Å². The van der Waals surface area contributed by atoms with Gasteiger partial charge in [0.2, 0.25) is 0 Å². The van der Waals surface area contributed by atoms with E-state index in [9.17, 15) is 4.79 Å². The number of benzene rings is 1. The van der Waals surface area contributed by atoms with Crippen LogP contribution in [0.15, 0.2) is 34.6 Å². The molecule has 0 saturated carbocycles. The predicted molar refractivity (Wildman–Crippen MR) is 113 cm³/mol. The number of fused-ring (bicyclic) bond motifs is 1. The number of hydrogen-bond donors (Lipinski definition) is 2. The van der Waals surface area contributed by atoms with Crippen molar-refractivity contribution in [3.63, 3.8) is 0 Å². The van der Waals surface area contributed by atoms with Gasteiger partial charge in [-0.25, -0.2) is 9.97 Å². The Morgan fingerprint density at radius 1 is 1.14 bits per heavy atom. The van der Waals surface area contributed by atoms with Gasteiger partial charge in [-0.2, -0.15) is 0 Å². The van der Waals surface area contributed by atoms with Gasteiger partial charge in [0.05, 0.1) is 11.0 Å². The van der Waals surface area contributed by atoms with Crippen LogP contribution in [0, 0.1) is 5.92 Å². The molecule has 0 aliphatic rings. The Morgan fingerprint density at radius 3 is 2.50 bits per heavy atom. The molecular weight excluding hydrogens is 372 g/mol. The molecule has 1 amide bonds. The normalized spacial score (nSPS) is 11.8. The summed E-state index contributed by atoms with van der Waals surface area (Å²) < 4.78 is 4.06. The number of amides is 1. The highest BCUT2D eigenvalue weighted by molar-refractivity contribution is 7.99. The van der Waals surface area contributed by atoms with Crippen molar-refractivity contribution >= 4 is 34.5 Å². The predicted octanol–water partition coefficient (Wildman–Crippen LogP) is 4.08. The van der Waals surface area contributed by atoms with Crippen molar-refractivity contribution < 1.29 is 4.79 Å². The summed E-state index contributed by atoms with van der Waals surface area (Å²) in [4.78, 5) is 21.0. The number of carbonyl (C=O) groups is 1. The van der Waals surface area contributed by atoms with E-state index in [1.807, 2.05) is 22.8 Å². The second-order valence-electron chi connectivity index (χ2n) is 7.63. The van der Waals surface area contributed by atoms with E-state index in [1.54, 1.807) is 0 Å². The quantitative estimate of drug-likeness (QED) is 0.593. The minimum Gasteiger partial charge on any atom is -0.383 e. The van der Waals surface area contributed by atoms with Crippen LogP contribution in [0.3, 0.4) is 0 Å². The van der Waals surface area contributed by atoms with Crippen LogP contribution < -0.4 is 11.5 Å². The van der Waals surface area contributed by atoms with Crippen molar-refractivity contribution in [3.8, 4) is 0 Å². The molecule has 0 saturated heterocycles. The molecule has 4 N–H and O–H groups in total. The monoisotopic (exact) mass is 400 g/mol. The number of primary amides is 1. The number of hydrogen-bond acceptors (Lipinski definition) is 5. The second kappa shape index (κ2) is 8.26. The average Bonchev–Trinajstić information content (AvgIpc) is 3.13. The lowest BCUT2D eigenvalue weighted by atomic mass is 10.1. The minimum atomic E-state index is -0.612. The highest BCUT2D eigenvalue weighted by Crippen LogP contribution is 2.34. The molecule has 7 nitrogen and oxygen atoms in total. The van der Waals surface area contributed by atoms with Gasteiger partial charge < -0.3 is 20.6 Å². The fourth-order valence-electron chi connectivity index (χ4n) is 3.25. The summed E-state index contributed by atoms with van der Waals surface area (Å²) in [6.07, 6.45) is 2.02. The fourth-order valence-corrected chi connectivity index (χ4v) is 4.40. The van der Waals surface area contributed by atoms with Crippen LogP contribution in [0.25, 0.3) is 11.0 Å². The summed E-state index contributed by atoms with van der Waals surface area (Å²) in [6.45, 7) is 9.31. The summed E-state index contributed by atoms with van der Waals surface area (Å²) in [5.74, 6) is 0.312. The van der Waals surface area contributed by atoms with Crippen LogP contribution in [0.2, 0.25) is 0 Å². The Hall–Kier alpha value is -2.48. The molecule has 2 aromatic heterocycles. The third kappa shape index (κ3) is 4.01. The third-order valence-electron chi connectivity index (χ3n) is 4.63. The van der Waals surface area contributed by atoms with E-state index in [0.29, 0.717) is 23.4 Å². The number of carbonyl (C=O) groups excluding carboxylic acids is 1. The van der Waals surface area contributed by atoms with Crippen LogP contribution in [0.5, 0.6) is 0 Å². The molecule has 3 aromatic rings. The maximum absolute atomic E-state index is 11.8. The number of aromatic nitrogens is 4. The molecule has 0 fully saturated rings. The first kappa shape index (κ1) is 20.3. The Labute approximate surface area is 169 Å². The van der Waals surface area contributed by atoms with E-state index < -0.39 is 5.91 Å². The maximum Gasteiger partial charge on any atom is 0.271 e. The summed E-state index contributed by atoms with van der Waals surface area (Å²) in [6, 6.07) is 8.27. The second-order valence-corrected chi connectivity index (χ2v) is 8.56. The van der Waals surface area contributed by atoms with E-state index in [2.05, 4.69) is 43.3 Å². The van der Waals surface area contributed by atoms with Gasteiger partial charge in [-0.15, -0.1) is 0 Å². The largest absolute Gasteiger partial charge is 0.383 e. The zero-order valence-electron chi connectivity index (χ0n) is 16.8. The molecule has 0 spiro atoms. The highest BCUT2D eigenvalue weighted by Gasteiger charge is 2.22. The lowest BCUT2D eigenvalue weighted by molar-refractivity contribution is 0.0996. The zero-order chi connectivity index (χ0) is 20.4. The van der Waals surface area contributed by atoms with Crippen LogP contribution in [-0.4, -0.2) is 25.0 Å². The van der Waals surface area contributed by atoms with Crippen LogP contribution in [-0.2, 0) is 6.54 Å². The first-order valence-corrected chi connectivity index (χ1v) is 10.4. The first-order chi connectivity index (χ1) is 13.3. The molecule has 3 rings (SSSR count). The fraction of sp³-hybridized carbons (Fsp3) is 0.450. The molecule has 150 valence electrons. The van der Waals surface area contributed by atoms with E-state index in [4.69, 9.17) is 16.5 Å². The molecule has 0 bridgehead atoms. The Kier molecular flexibility index (Phi) is 5.98. The van der Waals surface area contributed by atoms with Crippen molar-refractivity contribution in [1.82, 2.24) is 19.1 Å². The number of anilines is 1. The number of nitrogens with zero attached hydrogens (tertiary/aromatic N) is 4. The molecule has 1 aromatic carbocycles. The molecule has 0 aliphatic heterocycles. The molecule has 8 heteroatoms. The zero-order valence-corrected chi connectivity index (χ0v) is 17.7. The Morgan fingerprint density at radius 2 is 1.86 bits per heavy atom.